The Morgan fingerprint density at radius 2 is 1.76 bits per heavy atom. The van der Waals surface area contributed by atoms with Gasteiger partial charge in [0.25, 0.3) is 0 Å². The predicted molar refractivity (Wildman–Crippen MR) is 88.2 cm³/mol. The number of hydrogen-bond donors (Lipinski definition) is 2. The van der Waals surface area contributed by atoms with Crippen molar-refractivity contribution in [1.82, 2.24) is 4.90 Å². The van der Waals surface area contributed by atoms with Gasteiger partial charge in [-0.05, 0) is 51.1 Å². The molecule has 1 unspecified atom stereocenters. The van der Waals surface area contributed by atoms with Gasteiger partial charge in [-0.3, -0.25) is 9.69 Å². The number of carbonyl (C=O) groups is 1. The molecule has 116 valence electrons. The first kappa shape index (κ1) is 15.8. The number of nitrogens with two attached hydrogens (primary N) is 1. The molecule has 1 aliphatic carbocycles. The van der Waals surface area contributed by atoms with Gasteiger partial charge < -0.3 is 11.1 Å². The van der Waals surface area contributed by atoms with Crippen molar-refractivity contribution >= 4 is 17.3 Å². The Morgan fingerprint density at radius 3 is 2.33 bits per heavy atom. The number of amides is 1. The maximum absolute atomic E-state index is 12.4. The largest absolute Gasteiger partial charge is 0.399 e. The van der Waals surface area contributed by atoms with E-state index < -0.39 is 0 Å². The summed E-state index contributed by atoms with van der Waals surface area (Å²) in [5.41, 5.74) is 7.16. The summed E-state index contributed by atoms with van der Waals surface area (Å²) < 4.78 is 0. The van der Waals surface area contributed by atoms with Gasteiger partial charge in [0, 0.05) is 17.4 Å². The van der Waals surface area contributed by atoms with Crippen LogP contribution in [0.25, 0.3) is 0 Å². The Hall–Kier alpha value is -1.55. The molecule has 21 heavy (non-hydrogen) atoms. The van der Waals surface area contributed by atoms with Crippen LogP contribution in [0.1, 0.15) is 45.4 Å². The fourth-order valence-corrected chi connectivity index (χ4v) is 2.98. The fourth-order valence-electron chi connectivity index (χ4n) is 2.98. The first-order valence-corrected chi connectivity index (χ1v) is 7.96. The van der Waals surface area contributed by atoms with E-state index in [0.29, 0.717) is 11.7 Å². The number of carbonyl (C=O) groups excluding carboxylic acids is 1. The van der Waals surface area contributed by atoms with E-state index in [1.54, 1.807) is 12.1 Å². The summed E-state index contributed by atoms with van der Waals surface area (Å²) in [6.45, 7) is 1.98. The molecule has 4 heteroatoms. The zero-order valence-corrected chi connectivity index (χ0v) is 13.1. The molecule has 1 saturated carbocycles. The monoisotopic (exact) mass is 289 g/mol. The summed E-state index contributed by atoms with van der Waals surface area (Å²) in [6, 6.07) is 7.69. The van der Waals surface area contributed by atoms with Gasteiger partial charge in [0.2, 0.25) is 5.91 Å². The van der Waals surface area contributed by atoms with Gasteiger partial charge in [0.15, 0.2) is 0 Å². The minimum atomic E-state index is -0.120. The lowest BCUT2D eigenvalue weighted by Crippen LogP contribution is -2.45. The van der Waals surface area contributed by atoms with E-state index in [1.807, 2.05) is 19.1 Å². The summed E-state index contributed by atoms with van der Waals surface area (Å²) >= 11 is 0. The number of hydrogen-bond acceptors (Lipinski definition) is 3. The first-order valence-electron chi connectivity index (χ1n) is 7.96. The Morgan fingerprint density at radius 1 is 1.19 bits per heavy atom. The van der Waals surface area contributed by atoms with Gasteiger partial charge in [0.1, 0.15) is 0 Å². The highest BCUT2D eigenvalue weighted by molar-refractivity contribution is 5.94. The fraction of sp³-hybridized carbons (Fsp3) is 0.588. The molecule has 3 N–H and O–H groups in total. The Labute approximate surface area is 127 Å². The highest BCUT2D eigenvalue weighted by Gasteiger charge is 2.25. The Kier molecular flexibility index (Phi) is 5.62. The zero-order chi connectivity index (χ0) is 15.2. The molecule has 0 aliphatic heterocycles. The van der Waals surface area contributed by atoms with Crippen molar-refractivity contribution < 1.29 is 4.79 Å². The highest BCUT2D eigenvalue weighted by atomic mass is 16.2. The van der Waals surface area contributed by atoms with Crippen molar-refractivity contribution in [2.24, 2.45) is 0 Å². The zero-order valence-electron chi connectivity index (χ0n) is 13.1. The van der Waals surface area contributed by atoms with E-state index in [0.717, 1.165) is 5.69 Å². The first-order chi connectivity index (χ1) is 10.1. The number of nitrogens with one attached hydrogen (secondary N) is 1. The van der Waals surface area contributed by atoms with Crippen LogP contribution < -0.4 is 11.1 Å². The lowest BCUT2D eigenvalue weighted by Gasteiger charge is -2.31. The van der Waals surface area contributed by atoms with Gasteiger partial charge in [-0.15, -0.1) is 0 Å². The van der Waals surface area contributed by atoms with Gasteiger partial charge in [0.05, 0.1) is 6.04 Å². The standard InChI is InChI=1S/C17H27N3O/c1-13(20(2)16-7-5-3-4-6-8-16)17(21)19-15-11-9-14(18)10-12-15/h9-13,16H,3-8,18H2,1-2H3,(H,19,21). The van der Waals surface area contributed by atoms with E-state index in [4.69, 9.17) is 5.73 Å². The van der Waals surface area contributed by atoms with Crippen LogP contribution in [0.3, 0.4) is 0 Å². The van der Waals surface area contributed by atoms with Gasteiger partial charge in [-0.25, -0.2) is 0 Å². The smallest absolute Gasteiger partial charge is 0.241 e. The molecular formula is C17H27N3O. The maximum atomic E-state index is 12.4. The van der Waals surface area contributed by atoms with Crippen LogP contribution >= 0.6 is 0 Å². The van der Waals surface area contributed by atoms with Crippen molar-refractivity contribution in [3.63, 3.8) is 0 Å². The molecule has 1 aromatic rings. The third-order valence-electron chi connectivity index (χ3n) is 4.57. The second-order valence-corrected chi connectivity index (χ2v) is 6.10. The lowest BCUT2D eigenvalue weighted by atomic mass is 10.1. The topological polar surface area (TPSA) is 58.4 Å². The van der Waals surface area contributed by atoms with Crippen LogP contribution in [0.2, 0.25) is 0 Å². The van der Waals surface area contributed by atoms with Crippen LogP contribution in [0.4, 0.5) is 11.4 Å². The number of benzene rings is 1. The summed E-state index contributed by atoms with van der Waals surface area (Å²) in [6.07, 6.45) is 7.63. The van der Waals surface area contributed by atoms with Crippen LogP contribution in [0, 0.1) is 0 Å². The summed E-state index contributed by atoms with van der Waals surface area (Å²) in [4.78, 5) is 14.6. The molecule has 1 fully saturated rings. The summed E-state index contributed by atoms with van der Waals surface area (Å²) in [5.74, 6) is 0.0477. The lowest BCUT2D eigenvalue weighted by molar-refractivity contribution is -0.121. The molecule has 1 aliphatic rings. The average Bonchev–Trinajstić information content (AvgIpc) is 2.77. The van der Waals surface area contributed by atoms with Crippen LogP contribution in [-0.4, -0.2) is 29.9 Å². The number of likely N-dealkylation sites (N-methyl/N-ethyl adjacent to an activating group) is 1. The number of anilines is 2. The molecule has 0 radical (unpaired) electrons. The van der Waals surface area contributed by atoms with E-state index in [-0.39, 0.29) is 11.9 Å². The van der Waals surface area contributed by atoms with E-state index >= 15 is 0 Å². The molecule has 0 saturated heterocycles. The molecule has 0 bridgehead atoms. The second kappa shape index (κ2) is 7.46. The third-order valence-corrected chi connectivity index (χ3v) is 4.57. The molecule has 4 nitrogen and oxygen atoms in total. The van der Waals surface area contributed by atoms with E-state index in [9.17, 15) is 4.79 Å². The molecule has 0 heterocycles. The number of rotatable bonds is 4. The van der Waals surface area contributed by atoms with Crippen molar-refractivity contribution in [2.75, 3.05) is 18.1 Å². The molecule has 1 aromatic carbocycles. The van der Waals surface area contributed by atoms with Crippen molar-refractivity contribution in [3.05, 3.63) is 24.3 Å². The number of nitrogens with zero attached hydrogens (tertiary/aromatic N) is 1. The highest BCUT2D eigenvalue weighted by Crippen LogP contribution is 2.22. The average molecular weight is 289 g/mol. The maximum Gasteiger partial charge on any atom is 0.241 e. The molecule has 0 aromatic heterocycles. The predicted octanol–water partition coefficient (Wildman–Crippen LogP) is 3.25. The Balaban J connectivity index is 1.92. The minimum absolute atomic E-state index is 0.0477. The van der Waals surface area contributed by atoms with Crippen molar-refractivity contribution in [3.8, 4) is 0 Å². The van der Waals surface area contributed by atoms with Crippen LogP contribution in [0.15, 0.2) is 24.3 Å². The molecular weight excluding hydrogens is 262 g/mol. The van der Waals surface area contributed by atoms with Crippen LogP contribution in [-0.2, 0) is 4.79 Å². The van der Waals surface area contributed by atoms with Crippen molar-refractivity contribution in [1.29, 1.82) is 0 Å². The number of nitrogen functional groups attached to an aromatic ring is 1. The molecule has 1 atom stereocenters. The van der Waals surface area contributed by atoms with Gasteiger partial charge in [-0.1, -0.05) is 25.7 Å². The molecule has 1 amide bonds. The quantitative estimate of drug-likeness (QED) is 0.661. The summed E-state index contributed by atoms with van der Waals surface area (Å²) in [7, 11) is 2.07. The molecule has 0 spiro atoms. The van der Waals surface area contributed by atoms with Crippen molar-refractivity contribution in [2.45, 2.75) is 57.5 Å². The minimum Gasteiger partial charge on any atom is -0.399 e. The van der Waals surface area contributed by atoms with E-state index in [2.05, 4.69) is 17.3 Å². The van der Waals surface area contributed by atoms with Crippen LogP contribution in [0.5, 0.6) is 0 Å². The van der Waals surface area contributed by atoms with Gasteiger partial charge in [-0.2, -0.15) is 0 Å². The second-order valence-electron chi connectivity index (χ2n) is 6.10. The summed E-state index contributed by atoms with van der Waals surface area (Å²) in [5, 5.41) is 2.97. The van der Waals surface area contributed by atoms with Gasteiger partial charge >= 0.3 is 0 Å². The van der Waals surface area contributed by atoms with E-state index in [1.165, 1.54) is 38.5 Å². The Bertz CT molecular complexity index is 450. The normalized spacial score (nSPS) is 18.2. The third kappa shape index (κ3) is 4.46. The SMILES string of the molecule is CC(C(=O)Nc1ccc(N)cc1)N(C)C1CCCCCC1. The molecule has 2 rings (SSSR count).